The summed E-state index contributed by atoms with van der Waals surface area (Å²) in [7, 11) is 1.02. The van der Waals surface area contributed by atoms with Crippen LogP contribution in [0.15, 0.2) is 60.7 Å². The first-order valence-electron chi connectivity index (χ1n) is 8.56. The molecule has 0 saturated carbocycles. The summed E-state index contributed by atoms with van der Waals surface area (Å²) in [6.07, 6.45) is 2.44. The van der Waals surface area contributed by atoms with Crippen LogP contribution in [0.1, 0.15) is 11.1 Å². The van der Waals surface area contributed by atoms with Crippen molar-refractivity contribution in [2.24, 2.45) is 0 Å². The Labute approximate surface area is 166 Å². The average Bonchev–Trinajstić information content (AvgIpc) is 2.75. The van der Waals surface area contributed by atoms with Crippen LogP contribution in [0.25, 0.3) is 6.08 Å². The fourth-order valence-corrected chi connectivity index (χ4v) is 2.50. The number of carbonyl (C=O) groups is 3. The molecule has 0 spiro atoms. The summed E-state index contributed by atoms with van der Waals surface area (Å²) in [6.45, 7) is -0.129. The van der Waals surface area contributed by atoms with Crippen molar-refractivity contribution in [2.75, 3.05) is 7.11 Å². The summed E-state index contributed by atoms with van der Waals surface area (Å²) in [5, 5.41) is 13.0. The number of carbonyl (C=O) groups excluding carboxylic acids is 3. The zero-order chi connectivity index (χ0) is 21.3. The van der Waals surface area contributed by atoms with Gasteiger partial charge in [-0.2, -0.15) is 0 Å². The molecule has 8 heteroatoms. The van der Waals surface area contributed by atoms with Gasteiger partial charge in [-0.05, 0) is 29.3 Å². The number of esters is 2. The molecule has 2 aromatic carbocycles. The van der Waals surface area contributed by atoms with Crippen molar-refractivity contribution in [1.82, 2.24) is 5.32 Å². The molecule has 0 bridgehead atoms. The second-order valence-electron chi connectivity index (χ2n) is 6.01. The number of methoxy groups -OCH3 is 1. The van der Waals surface area contributed by atoms with Gasteiger partial charge in [0.1, 0.15) is 12.4 Å². The van der Waals surface area contributed by atoms with Gasteiger partial charge in [-0.3, -0.25) is 4.79 Å². The third-order valence-electron chi connectivity index (χ3n) is 4.05. The Morgan fingerprint density at radius 2 is 1.83 bits per heavy atom. The molecule has 0 aliphatic rings. The molecule has 0 heterocycles. The Morgan fingerprint density at radius 1 is 1.17 bits per heavy atom. The molecule has 0 aliphatic carbocycles. The Balaban J connectivity index is 2.28. The first kappa shape index (κ1) is 21.8. The van der Waals surface area contributed by atoms with E-state index in [0.29, 0.717) is 11.1 Å². The number of hydrogen-bond donors (Lipinski definition) is 2. The molecular formula is C21H20FNO6. The molecule has 0 fully saturated rings. The number of benzene rings is 2. The van der Waals surface area contributed by atoms with E-state index in [1.165, 1.54) is 30.3 Å². The van der Waals surface area contributed by atoms with E-state index < -0.39 is 29.4 Å². The van der Waals surface area contributed by atoms with E-state index in [1.807, 2.05) is 0 Å². The maximum absolute atomic E-state index is 13.0. The highest BCUT2D eigenvalue weighted by Gasteiger charge is 2.48. The summed E-state index contributed by atoms with van der Waals surface area (Å²) >= 11 is 0. The first-order valence-corrected chi connectivity index (χ1v) is 8.56. The van der Waals surface area contributed by atoms with Gasteiger partial charge in [0.15, 0.2) is 6.04 Å². The van der Waals surface area contributed by atoms with Gasteiger partial charge in [0.25, 0.3) is 0 Å². The second kappa shape index (κ2) is 10.1. The van der Waals surface area contributed by atoms with E-state index in [2.05, 4.69) is 10.1 Å². The molecule has 1 amide bonds. The summed E-state index contributed by atoms with van der Waals surface area (Å²) in [5.74, 6) is -2.69. The Bertz CT molecular complexity index is 868. The number of hydrogen-bond acceptors (Lipinski definition) is 6. The quantitative estimate of drug-likeness (QED) is 0.489. The molecule has 7 nitrogen and oxygen atoms in total. The van der Waals surface area contributed by atoms with Crippen LogP contribution >= 0.6 is 0 Å². The second-order valence-corrected chi connectivity index (χ2v) is 6.01. The molecule has 0 saturated heterocycles. The standard InChI is InChI=1S/C21H20FNO6/c1-28-20(26)21(27,12-11-15-7-9-17(22)10-8-15)18(23-14-24)19(25)29-13-16-5-3-2-4-6-16/h2-12,14,18,27H,13H2,1H3,(H,23,24)/b12-11+/t18-,21+/m0/s1. The predicted octanol–water partition coefficient (Wildman–Crippen LogP) is 1.60. The zero-order valence-electron chi connectivity index (χ0n) is 15.6. The molecule has 0 aliphatic heterocycles. The smallest absolute Gasteiger partial charge is 0.344 e. The van der Waals surface area contributed by atoms with Crippen LogP contribution < -0.4 is 5.32 Å². The van der Waals surface area contributed by atoms with E-state index >= 15 is 0 Å². The van der Waals surface area contributed by atoms with Gasteiger partial charge in [0, 0.05) is 0 Å². The molecule has 0 radical (unpaired) electrons. The zero-order valence-corrected chi connectivity index (χ0v) is 15.6. The van der Waals surface area contributed by atoms with Crippen molar-refractivity contribution in [1.29, 1.82) is 0 Å². The highest BCUT2D eigenvalue weighted by Crippen LogP contribution is 2.19. The lowest BCUT2D eigenvalue weighted by Crippen LogP contribution is -2.59. The molecule has 0 aromatic heterocycles. The van der Waals surface area contributed by atoms with Crippen LogP contribution in [0.3, 0.4) is 0 Å². The van der Waals surface area contributed by atoms with E-state index in [-0.39, 0.29) is 13.0 Å². The first-order chi connectivity index (χ1) is 13.9. The van der Waals surface area contributed by atoms with E-state index in [4.69, 9.17) is 4.74 Å². The highest BCUT2D eigenvalue weighted by atomic mass is 19.1. The Kier molecular flexibility index (Phi) is 7.62. The summed E-state index contributed by atoms with van der Waals surface area (Å²) < 4.78 is 22.8. The SMILES string of the molecule is COC(=O)[C@@](O)(/C=C/c1ccc(F)cc1)[C@@H](NC=O)C(=O)OCc1ccccc1. The van der Waals surface area contributed by atoms with Gasteiger partial charge in [-0.15, -0.1) is 0 Å². The molecule has 2 aromatic rings. The van der Waals surface area contributed by atoms with Gasteiger partial charge in [0.05, 0.1) is 7.11 Å². The van der Waals surface area contributed by atoms with Gasteiger partial charge in [-0.1, -0.05) is 48.5 Å². The summed E-state index contributed by atoms with van der Waals surface area (Å²) in [5.41, 5.74) is -1.44. The molecule has 29 heavy (non-hydrogen) atoms. The van der Waals surface area contributed by atoms with Crippen molar-refractivity contribution in [3.05, 3.63) is 77.6 Å². The van der Waals surface area contributed by atoms with Crippen LogP contribution in [0, 0.1) is 5.82 Å². The van der Waals surface area contributed by atoms with Crippen LogP contribution in [0.5, 0.6) is 0 Å². The van der Waals surface area contributed by atoms with Crippen molar-refractivity contribution in [3.8, 4) is 0 Å². The average molecular weight is 401 g/mol. The monoisotopic (exact) mass is 401 g/mol. The van der Waals surface area contributed by atoms with Crippen molar-refractivity contribution >= 4 is 24.4 Å². The number of nitrogens with one attached hydrogen (secondary N) is 1. The molecular weight excluding hydrogens is 381 g/mol. The van der Waals surface area contributed by atoms with Gasteiger partial charge >= 0.3 is 11.9 Å². The van der Waals surface area contributed by atoms with Gasteiger partial charge in [0.2, 0.25) is 12.0 Å². The topological polar surface area (TPSA) is 102 Å². The summed E-state index contributed by atoms with van der Waals surface area (Å²) in [4.78, 5) is 35.8. The summed E-state index contributed by atoms with van der Waals surface area (Å²) in [6, 6.07) is 12.1. The van der Waals surface area contributed by atoms with Crippen LogP contribution in [-0.4, -0.2) is 42.2 Å². The lowest BCUT2D eigenvalue weighted by atomic mass is 9.92. The number of aliphatic hydroxyl groups is 1. The van der Waals surface area contributed by atoms with Crippen LogP contribution in [0.4, 0.5) is 4.39 Å². The minimum Gasteiger partial charge on any atom is -0.467 e. The van der Waals surface area contributed by atoms with Crippen LogP contribution in [0.2, 0.25) is 0 Å². The fraction of sp³-hybridized carbons (Fsp3) is 0.190. The molecule has 2 atom stereocenters. The lowest BCUT2D eigenvalue weighted by molar-refractivity contribution is -0.169. The van der Waals surface area contributed by atoms with E-state index in [0.717, 1.165) is 13.2 Å². The van der Waals surface area contributed by atoms with Crippen molar-refractivity contribution in [3.63, 3.8) is 0 Å². The fourth-order valence-electron chi connectivity index (χ4n) is 2.50. The minimum atomic E-state index is -2.56. The third kappa shape index (κ3) is 5.73. The molecule has 152 valence electrons. The number of amides is 1. The molecule has 2 rings (SSSR count). The van der Waals surface area contributed by atoms with Crippen molar-refractivity contribution in [2.45, 2.75) is 18.2 Å². The number of ether oxygens (including phenoxy) is 2. The van der Waals surface area contributed by atoms with Gasteiger partial charge < -0.3 is 19.9 Å². The Hall–Kier alpha value is -3.52. The normalized spacial score (nSPS) is 13.9. The minimum absolute atomic E-state index is 0.129. The maximum Gasteiger partial charge on any atom is 0.344 e. The molecule has 2 N–H and O–H groups in total. The lowest BCUT2D eigenvalue weighted by Gasteiger charge is -2.29. The molecule has 0 unspecified atom stereocenters. The maximum atomic E-state index is 13.0. The third-order valence-corrected chi connectivity index (χ3v) is 4.05. The van der Waals surface area contributed by atoms with E-state index in [9.17, 15) is 23.9 Å². The predicted molar refractivity (Wildman–Crippen MR) is 102 cm³/mol. The van der Waals surface area contributed by atoms with Crippen molar-refractivity contribution < 1.29 is 33.4 Å². The largest absolute Gasteiger partial charge is 0.467 e. The number of halogens is 1. The van der Waals surface area contributed by atoms with Gasteiger partial charge in [-0.25, -0.2) is 14.0 Å². The van der Waals surface area contributed by atoms with E-state index in [1.54, 1.807) is 30.3 Å². The number of rotatable bonds is 9. The van der Waals surface area contributed by atoms with Crippen LogP contribution in [-0.2, 0) is 30.5 Å². The highest BCUT2D eigenvalue weighted by molar-refractivity contribution is 5.93. The Morgan fingerprint density at radius 3 is 2.41 bits per heavy atom.